The fraction of sp³-hybridized carbons (Fsp3) is 0.407. The van der Waals surface area contributed by atoms with Gasteiger partial charge in [-0.25, -0.2) is 5.43 Å². The molecule has 0 radical (unpaired) electrons. The van der Waals surface area contributed by atoms with Crippen molar-refractivity contribution in [1.29, 1.82) is 0 Å². The van der Waals surface area contributed by atoms with Crippen LogP contribution < -0.4 is 10.9 Å². The Bertz CT molecular complexity index is 705. The van der Waals surface area contributed by atoms with Gasteiger partial charge in [-0.3, -0.25) is 0 Å². The fourth-order valence-electron chi connectivity index (χ4n) is 2.73. The van der Waals surface area contributed by atoms with Gasteiger partial charge in [-0.05, 0) is 68.4 Å². The molecule has 0 saturated heterocycles. The van der Waals surface area contributed by atoms with E-state index >= 15 is 0 Å². The van der Waals surface area contributed by atoms with Gasteiger partial charge in [0.2, 0.25) is 0 Å². The zero-order valence-corrected chi connectivity index (χ0v) is 19.6. The van der Waals surface area contributed by atoms with E-state index in [0.29, 0.717) is 0 Å². The van der Waals surface area contributed by atoms with Gasteiger partial charge in [0, 0.05) is 12.7 Å². The van der Waals surface area contributed by atoms with E-state index in [9.17, 15) is 0 Å². The van der Waals surface area contributed by atoms with E-state index < -0.39 is 0 Å². The van der Waals surface area contributed by atoms with Crippen LogP contribution >= 0.6 is 0 Å². The van der Waals surface area contributed by atoms with Crippen LogP contribution in [0.1, 0.15) is 70.1 Å². The summed E-state index contributed by atoms with van der Waals surface area (Å²) in [7, 11) is 1.83. The lowest BCUT2D eigenvalue weighted by Crippen LogP contribution is -2.26. The number of benzene rings is 1. The predicted octanol–water partition coefficient (Wildman–Crippen LogP) is 7.45. The van der Waals surface area contributed by atoms with Crippen molar-refractivity contribution in [3.05, 3.63) is 89.2 Å². The van der Waals surface area contributed by atoms with Gasteiger partial charge >= 0.3 is 0 Å². The van der Waals surface area contributed by atoms with Gasteiger partial charge in [-0.1, -0.05) is 87.9 Å². The number of aryl methyl sites for hydroxylation is 2. The minimum atomic E-state index is 0.897. The maximum atomic E-state index is 3.97. The second-order valence-corrected chi connectivity index (χ2v) is 7.14. The van der Waals surface area contributed by atoms with Gasteiger partial charge in [0.15, 0.2) is 0 Å². The van der Waals surface area contributed by atoms with Crippen LogP contribution in [0.3, 0.4) is 0 Å². The highest BCUT2D eigenvalue weighted by Crippen LogP contribution is 2.17. The summed E-state index contributed by atoms with van der Waals surface area (Å²) in [6.45, 7) is 18.3. The topological polar surface area (TPSA) is 24.1 Å². The fourth-order valence-corrected chi connectivity index (χ4v) is 2.73. The van der Waals surface area contributed by atoms with Crippen LogP contribution in [-0.4, -0.2) is 7.05 Å². The minimum Gasteiger partial charge on any atom is -0.322 e. The van der Waals surface area contributed by atoms with Crippen molar-refractivity contribution in [2.45, 2.75) is 66.7 Å². The third-order valence-electron chi connectivity index (χ3n) is 4.76. The lowest BCUT2D eigenvalue weighted by Gasteiger charge is -2.10. The molecule has 29 heavy (non-hydrogen) atoms. The van der Waals surface area contributed by atoms with Crippen LogP contribution in [0, 0.1) is 6.92 Å². The molecule has 0 aromatic heterocycles. The molecule has 0 heterocycles. The Morgan fingerprint density at radius 3 is 2.45 bits per heavy atom. The maximum absolute atomic E-state index is 3.97. The lowest BCUT2D eigenvalue weighted by atomic mass is 10.0. The number of allylic oxidation sites excluding steroid dienone is 6. The molecule has 1 rings (SSSR count). The Kier molecular flexibility index (Phi) is 15.3. The average molecular weight is 395 g/mol. The van der Waals surface area contributed by atoms with Gasteiger partial charge in [0.05, 0.1) is 0 Å². The van der Waals surface area contributed by atoms with Gasteiger partial charge in [-0.15, -0.1) is 0 Å². The molecule has 160 valence electrons. The summed E-state index contributed by atoms with van der Waals surface area (Å²) in [5, 5.41) is 0. The monoisotopic (exact) mass is 394 g/mol. The van der Waals surface area contributed by atoms with Crippen LogP contribution in [0.4, 0.5) is 0 Å². The molecule has 0 aliphatic heterocycles. The molecule has 2 heteroatoms. The molecule has 0 aliphatic rings. The van der Waals surface area contributed by atoms with Crippen molar-refractivity contribution < 1.29 is 0 Å². The molecule has 0 unspecified atom stereocenters. The molecule has 2 nitrogen and oxygen atoms in total. The molecule has 0 amide bonds. The predicted molar refractivity (Wildman–Crippen MR) is 133 cm³/mol. The van der Waals surface area contributed by atoms with Crippen molar-refractivity contribution in [2.75, 3.05) is 7.05 Å². The van der Waals surface area contributed by atoms with Crippen LogP contribution in [0.2, 0.25) is 0 Å². The molecule has 0 atom stereocenters. The molecule has 2 N–H and O–H groups in total. The molecule has 0 spiro atoms. The smallest absolute Gasteiger partial charge is 0.0445 e. The standard InChI is InChI=1S/C15H22N2.C12H20/c1-6-14-8-7-11(2)15(10-14)9-12(3)13(4)17-16-5;1-4-7-9-11-12(6-3)10-8-5-2/h7-10,16-17H,4,6H2,1-3,5H3;5-6,8,10H,2,4,7,9,11H2,1,3H3/b12-9+;10-8-,12-6+. The maximum Gasteiger partial charge on any atom is 0.0445 e. The first-order chi connectivity index (χ1) is 13.9. The van der Waals surface area contributed by atoms with Gasteiger partial charge in [-0.2, -0.15) is 0 Å². The van der Waals surface area contributed by atoms with E-state index in [2.05, 4.69) is 95.1 Å². The van der Waals surface area contributed by atoms with Crippen LogP contribution in [0.5, 0.6) is 0 Å². The first kappa shape index (κ1) is 26.7. The van der Waals surface area contributed by atoms with Gasteiger partial charge in [0.1, 0.15) is 0 Å². The second-order valence-electron chi connectivity index (χ2n) is 7.14. The largest absolute Gasteiger partial charge is 0.322 e. The van der Waals surface area contributed by atoms with Crippen molar-refractivity contribution in [2.24, 2.45) is 0 Å². The number of rotatable bonds is 11. The number of nitrogens with one attached hydrogen (secondary N) is 2. The Hall–Kier alpha value is -2.32. The summed E-state index contributed by atoms with van der Waals surface area (Å²) in [4.78, 5) is 0. The summed E-state index contributed by atoms with van der Waals surface area (Å²) in [5.74, 6) is 0. The molecule has 1 aromatic rings. The van der Waals surface area contributed by atoms with Gasteiger partial charge in [0.25, 0.3) is 0 Å². The van der Waals surface area contributed by atoms with E-state index in [-0.39, 0.29) is 0 Å². The third kappa shape index (κ3) is 12.0. The van der Waals surface area contributed by atoms with Crippen molar-refractivity contribution in [3.8, 4) is 0 Å². The quantitative estimate of drug-likeness (QED) is 0.231. The Morgan fingerprint density at radius 2 is 1.90 bits per heavy atom. The van der Waals surface area contributed by atoms with Crippen LogP contribution in [-0.2, 0) is 6.42 Å². The second kappa shape index (κ2) is 16.6. The summed E-state index contributed by atoms with van der Waals surface area (Å²) >= 11 is 0. The molecule has 0 aliphatic carbocycles. The Labute approximate surface area is 180 Å². The third-order valence-corrected chi connectivity index (χ3v) is 4.76. The normalized spacial score (nSPS) is 11.8. The van der Waals surface area contributed by atoms with E-state index in [1.165, 1.54) is 47.9 Å². The van der Waals surface area contributed by atoms with Crippen molar-refractivity contribution >= 4 is 6.08 Å². The molecular formula is C27H42N2. The first-order valence-corrected chi connectivity index (χ1v) is 10.8. The number of hydrogen-bond donors (Lipinski definition) is 2. The summed E-state index contributed by atoms with van der Waals surface area (Å²) < 4.78 is 0. The van der Waals surface area contributed by atoms with E-state index in [0.717, 1.165) is 17.7 Å². The highest BCUT2D eigenvalue weighted by molar-refractivity contribution is 5.60. The molecule has 0 bridgehead atoms. The Morgan fingerprint density at radius 1 is 1.17 bits per heavy atom. The SMILES string of the molecule is C=C(NNC)/C(C)=C/c1cc(CC)ccc1C.C=C/C=C\C(=C/C)CCCCC. The average Bonchev–Trinajstić information content (AvgIpc) is 2.72. The van der Waals surface area contributed by atoms with E-state index in [1.54, 1.807) is 0 Å². The molecule has 1 aromatic carbocycles. The number of hydrazine groups is 1. The lowest BCUT2D eigenvalue weighted by molar-refractivity contribution is 0.699. The van der Waals surface area contributed by atoms with Crippen LogP contribution in [0.25, 0.3) is 6.08 Å². The summed E-state index contributed by atoms with van der Waals surface area (Å²) in [5.41, 5.74) is 13.3. The molecule has 0 fully saturated rings. The van der Waals surface area contributed by atoms with E-state index in [4.69, 9.17) is 0 Å². The number of hydrogen-bond acceptors (Lipinski definition) is 2. The van der Waals surface area contributed by atoms with Crippen molar-refractivity contribution in [1.82, 2.24) is 10.9 Å². The number of unbranched alkanes of at least 4 members (excludes halogenated alkanes) is 2. The molecular weight excluding hydrogens is 352 g/mol. The highest BCUT2D eigenvalue weighted by atomic mass is 15.3. The highest BCUT2D eigenvalue weighted by Gasteiger charge is 2.00. The zero-order chi connectivity index (χ0) is 22.1. The Balaban J connectivity index is 0.000000578. The van der Waals surface area contributed by atoms with Gasteiger partial charge < -0.3 is 5.43 Å². The summed E-state index contributed by atoms with van der Waals surface area (Å²) in [6.07, 6.45) is 16.5. The molecule has 0 saturated carbocycles. The van der Waals surface area contributed by atoms with Crippen molar-refractivity contribution in [3.63, 3.8) is 0 Å². The minimum absolute atomic E-state index is 0.897. The van der Waals surface area contributed by atoms with Crippen LogP contribution in [0.15, 0.2) is 72.5 Å². The zero-order valence-electron chi connectivity index (χ0n) is 19.6. The first-order valence-electron chi connectivity index (χ1n) is 10.8. The summed E-state index contributed by atoms with van der Waals surface area (Å²) in [6, 6.07) is 6.60. The van der Waals surface area contributed by atoms with E-state index in [1.807, 2.05) is 19.2 Å².